The third-order valence-electron chi connectivity index (χ3n) is 5.53. The van der Waals surface area contributed by atoms with Crippen molar-refractivity contribution in [3.63, 3.8) is 0 Å². The number of rotatable bonds is 7. The summed E-state index contributed by atoms with van der Waals surface area (Å²) in [5.74, 6) is 1.91. The number of pyridine rings is 1. The number of ether oxygens (including phenoxy) is 1. The molecule has 0 unspecified atom stereocenters. The summed E-state index contributed by atoms with van der Waals surface area (Å²) in [5, 5.41) is 0. The largest absolute Gasteiger partial charge is 0.468 e. The molecule has 2 bridgehead atoms. The fourth-order valence-corrected chi connectivity index (χ4v) is 4.79. The quantitative estimate of drug-likeness (QED) is 0.632. The molecule has 3 rings (SSSR count). The lowest BCUT2D eigenvalue weighted by atomic mass is 9.83. The van der Waals surface area contributed by atoms with Gasteiger partial charge in [0.2, 0.25) is 5.91 Å². The Balaban J connectivity index is 1.75. The van der Waals surface area contributed by atoms with E-state index in [4.69, 9.17) is 0 Å². The zero-order chi connectivity index (χ0) is 20.3. The molecule has 154 valence electrons. The second-order valence-electron chi connectivity index (χ2n) is 7.68. The van der Waals surface area contributed by atoms with E-state index in [1.807, 2.05) is 21.6 Å². The summed E-state index contributed by atoms with van der Waals surface area (Å²) in [4.78, 5) is 40.7. The number of carbonyl (C=O) groups is 2. The van der Waals surface area contributed by atoms with E-state index < -0.39 is 0 Å². The first-order chi connectivity index (χ1) is 13.4. The van der Waals surface area contributed by atoms with Crippen LogP contribution in [0.2, 0.25) is 0 Å². The maximum atomic E-state index is 13.0. The molecule has 0 N–H and O–H groups in total. The van der Waals surface area contributed by atoms with Crippen molar-refractivity contribution in [2.45, 2.75) is 32.4 Å². The fourth-order valence-electron chi connectivity index (χ4n) is 4.23. The third-order valence-corrected chi connectivity index (χ3v) is 6.39. The van der Waals surface area contributed by atoms with Gasteiger partial charge in [-0.2, -0.15) is 11.8 Å². The van der Waals surface area contributed by atoms with Gasteiger partial charge < -0.3 is 14.2 Å². The first-order valence-corrected chi connectivity index (χ1v) is 10.9. The molecule has 0 spiro atoms. The third kappa shape index (κ3) is 4.60. The Kier molecular flexibility index (Phi) is 6.82. The molecule has 0 aliphatic carbocycles. The minimum absolute atomic E-state index is 0.0187. The topological polar surface area (TPSA) is 71.9 Å². The maximum absolute atomic E-state index is 13.0. The smallest absolute Gasteiger partial charge is 0.319 e. The van der Waals surface area contributed by atoms with E-state index in [0.717, 1.165) is 24.4 Å². The van der Waals surface area contributed by atoms with Gasteiger partial charge in [0, 0.05) is 43.4 Å². The van der Waals surface area contributed by atoms with Crippen LogP contribution < -0.4 is 5.56 Å². The molecular weight excluding hydrogens is 378 g/mol. The number of methoxy groups -OCH3 is 1. The lowest BCUT2D eigenvalue weighted by Crippen LogP contribution is -2.50. The van der Waals surface area contributed by atoms with Crippen LogP contribution >= 0.6 is 11.8 Å². The summed E-state index contributed by atoms with van der Waals surface area (Å²) in [6.45, 7) is 4.70. The maximum Gasteiger partial charge on any atom is 0.319 e. The average Bonchev–Trinajstić information content (AvgIpc) is 2.68. The van der Waals surface area contributed by atoms with Crippen LogP contribution in [0.15, 0.2) is 16.9 Å². The highest BCUT2D eigenvalue weighted by Gasteiger charge is 2.36. The number of carbonyl (C=O) groups excluding carboxylic acids is 2. The zero-order valence-electron chi connectivity index (χ0n) is 16.8. The van der Waals surface area contributed by atoms with Crippen LogP contribution in [-0.4, -0.2) is 71.5 Å². The molecule has 1 fully saturated rings. The Bertz CT molecular complexity index is 794. The predicted octanol–water partition coefficient (Wildman–Crippen LogP) is 1.15. The number of hydrogen-bond donors (Lipinski definition) is 0. The number of hydrogen-bond acceptors (Lipinski definition) is 6. The number of nitrogens with zero attached hydrogens (tertiary/aromatic N) is 3. The summed E-state index contributed by atoms with van der Waals surface area (Å²) in [5.41, 5.74) is 1.73. The van der Waals surface area contributed by atoms with Gasteiger partial charge in [0.1, 0.15) is 0 Å². The van der Waals surface area contributed by atoms with Gasteiger partial charge in [-0.3, -0.25) is 19.3 Å². The molecule has 2 aliphatic heterocycles. The lowest BCUT2D eigenvalue weighted by Gasteiger charge is -2.43. The van der Waals surface area contributed by atoms with Crippen LogP contribution in [0.1, 0.15) is 30.5 Å². The van der Waals surface area contributed by atoms with Crippen molar-refractivity contribution < 1.29 is 14.3 Å². The first-order valence-electron chi connectivity index (χ1n) is 9.76. The molecule has 3 heterocycles. The molecule has 1 amide bonds. The monoisotopic (exact) mass is 407 g/mol. The van der Waals surface area contributed by atoms with Crippen molar-refractivity contribution in [1.29, 1.82) is 0 Å². The standard InChI is InChI=1S/C20H29N3O4S/c1-4-28-13-18(24)22-8-14-7-16(11-22)17-6-5-15(20(26)23(17)9-14)10-21(2)12-19(25)27-3/h5-6,14,16H,4,7-13H2,1-3H3/t14-,16+/m0/s1. The van der Waals surface area contributed by atoms with Gasteiger partial charge in [-0.1, -0.05) is 13.0 Å². The van der Waals surface area contributed by atoms with Gasteiger partial charge in [-0.25, -0.2) is 0 Å². The Morgan fingerprint density at radius 1 is 1.29 bits per heavy atom. The number of amides is 1. The molecule has 0 aromatic carbocycles. The summed E-state index contributed by atoms with van der Waals surface area (Å²) in [7, 11) is 3.16. The summed E-state index contributed by atoms with van der Waals surface area (Å²) >= 11 is 1.66. The van der Waals surface area contributed by atoms with Gasteiger partial charge in [-0.15, -0.1) is 0 Å². The van der Waals surface area contributed by atoms with Crippen LogP contribution in [0, 0.1) is 5.92 Å². The SMILES string of the molecule is CCSCC(=O)N1C[C@@H]2C[C@H](C1)c1ccc(CN(C)CC(=O)OC)c(=O)n1C2. The van der Waals surface area contributed by atoms with E-state index in [2.05, 4.69) is 11.7 Å². The molecule has 28 heavy (non-hydrogen) atoms. The second-order valence-corrected chi connectivity index (χ2v) is 8.96. The number of thioether (sulfide) groups is 1. The first kappa shape index (κ1) is 20.9. The van der Waals surface area contributed by atoms with Gasteiger partial charge in [-0.05, 0) is 31.2 Å². The van der Waals surface area contributed by atoms with Gasteiger partial charge in [0.05, 0.1) is 19.4 Å². The van der Waals surface area contributed by atoms with Crippen LogP contribution in [0.4, 0.5) is 0 Å². The van der Waals surface area contributed by atoms with Crippen molar-refractivity contribution in [3.05, 3.63) is 33.7 Å². The summed E-state index contributed by atoms with van der Waals surface area (Å²) in [6.07, 6.45) is 1.03. The highest BCUT2D eigenvalue weighted by Crippen LogP contribution is 2.35. The number of likely N-dealkylation sites (N-methyl/N-ethyl adjacent to an activating group) is 1. The molecule has 1 aromatic heterocycles. The zero-order valence-corrected chi connectivity index (χ0v) is 17.7. The highest BCUT2D eigenvalue weighted by molar-refractivity contribution is 7.99. The van der Waals surface area contributed by atoms with Crippen LogP contribution in [0.25, 0.3) is 0 Å². The average molecular weight is 408 g/mol. The Morgan fingerprint density at radius 3 is 2.79 bits per heavy atom. The number of esters is 1. The number of piperidine rings is 1. The van der Waals surface area contributed by atoms with E-state index in [1.54, 1.807) is 23.7 Å². The molecule has 1 saturated heterocycles. The van der Waals surface area contributed by atoms with E-state index in [1.165, 1.54) is 7.11 Å². The van der Waals surface area contributed by atoms with Crippen molar-refractivity contribution in [1.82, 2.24) is 14.4 Å². The molecular formula is C20H29N3O4S. The van der Waals surface area contributed by atoms with E-state index >= 15 is 0 Å². The van der Waals surface area contributed by atoms with Crippen molar-refractivity contribution >= 4 is 23.6 Å². The molecule has 8 heteroatoms. The van der Waals surface area contributed by atoms with E-state index in [0.29, 0.717) is 36.9 Å². The molecule has 0 radical (unpaired) electrons. The minimum Gasteiger partial charge on any atom is -0.468 e. The lowest BCUT2D eigenvalue weighted by molar-refractivity contribution is -0.141. The fraction of sp³-hybridized carbons (Fsp3) is 0.650. The van der Waals surface area contributed by atoms with Gasteiger partial charge in [0.15, 0.2) is 0 Å². The minimum atomic E-state index is -0.318. The number of likely N-dealkylation sites (tertiary alicyclic amines) is 1. The molecule has 2 atom stereocenters. The van der Waals surface area contributed by atoms with E-state index in [9.17, 15) is 14.4 Å². The van der Waals surface area contributed by atoms with E-state index in [-0.39, 0.29) is 29.9 Å². The Hall–Kier alpha value is -1.80. The van der Waals surface area contributed by atoms with Gasteiger partial charge >= 0.3 is 5.97 Å². The van der Waals surface area contributed by atoms with Crippen molar-refractivity contribution in [2.75, 3.05) is 45.3 Å². The highest BCUT2D eigenvalue weighted by atomic mass is 32.2. The summed E-state index contributed by atoms with van der Waals surface area (Å²) in [6, 6.07) is 3.90. The number of fused-ring (bicyclic) bond motifs is 4. The van der Waals surface area contributed by atoms with Crippen molar-refractivity contribution in [3.8, 4) is 0 Å². The normalized spacial score (nSPS) is 20.8. The molecule has 0 saturated carbocycles. The van der Waals surface area contributed by atoms with Crippen molar-refractivity contribution in [2.24, 2.45) is 5.92 Å². The second kappa shape index (κ2) is 9.13. The Labute approximate surface area is 170 Å². The van der Waals surface area contributed by atoms with Crippen LogP contribution in [0.3, 0.4) is 0 Å². The predicted molar refractivity (Wildman–Crippen MR) is 109 cm³/mol. The van der Waals surface area contributed by atoms with Crippen LogP contribution in [-0.2, 0) is 27.4 Å². The molecule has 2 aliphatic rings. The van der Waals surface area contributed by atoms with Gasteiger partial charge in [0.25, 0.3) is 5.56 Å². The number of aromatic nitrogens is 1. The molecule has 7 nitrogen and oxygen atoms in total. The summed E-state index contributed by atoms with van der Waals surface area (Å²) < 4.78 is 6.58. The molecule has 1 aromatic rings. The Morgan fingerprint density at radius 2 is 2.07 bits per heavy atom. The van der Waals surface area contributed by atoms with Crippen LogP contribution in [0.5, 0.6) is 0 Å².